The summed E-state index contributed by atoms with van der Waals surface area (Å²) in [5.74, 6) is 1.95. The molecule has 5 rings (SSSR count). The Kier molecular flexibility index (Phi) is 4.58. The molecule has 0 aromatic carbocycles. The van der Waals surface area contributed by atoms with Gasteiger partial charge in [-0.05, 0) is 67.5 Å². The molecule has 0 aliphatic heterocycles. The fraction of sp³-hybridized carbons (Fsp3) is 0.524. The SMILES string of the molecule is Cc1nccc(-c2c3c(nc(C4CCCC4)c2-c2nnn[nH]2)CCCCC3)n1. The minimum absolute atomic E-state index is 0.468. The van der Waals surface area contributed by atoms with Gasteiger partial charge in [-0.25, -0.2) is 15.1 Å². The molecular weight excluding hydrogens is 350 g/mol. The number of aromatic amines is 1. The summed E-state index contributed by atoms with van der Waals surface area (Å²) < 4.78 is 0. The maximum atomic E-state index is 5.26. The summed E-state index contributed by atoms with van der Waals surface area (Å²) in [6, 6.07) is 2.01. The number of pyridine rings is 1. The Labute approximate surface area is 164 Å². The molecule has 1 N–H and O–H groups in total. The van der Waals surface area contributed by atoms with E-state index in [-0.39, 0.29) is 0 Å². The minimum Gasteiger partial charge on any atom is -0.256 e. The van der Waals surface area contributed by atoms with Crippen molar-refractivity contribution in [3.8, 4) is 22.6 Å². The first-order valence-corrected chi connectivity index (χ1v) is 10.4. The van der Waals surface area contributed by atoms with Crippen molar-refractivity contribution in [2.75, 3.05) is 0 Å². The molecule has 0 amide bonds. The molecule has 0 saturated heterocycles. The zero-order valence-electron chi connectivity index (χ0n) is 16.3. The smallest absolute Gasteiger partial charge is 0.181 e. The molecule has 0 atom stereocenters. The second-order valence-corrected chi connectivity index (χ2v) is 7.95. The van der Waals surface area contributed by atoms with Crippen LogP contribution in [-0.4, -0.2) is 35.6 Å². The molecule has 3 aromatic heterocycles. The number of fused-ring (bicyclic) bond motifs is 1. The van der Waals surface area contributed by atoms with Gasteiger partial charge in [0.1, 0.15) is 5.82 Å². The fourth-order valence-electron chi connectivity index (χ4n) is 4.82. The second-order valence-electron chi connectivity index (χ2n) is 7.95. The van der Waals surface area contributed by atoms with Crippen molar-refractivity contribution >= 4 is 0 Å². The summed E-state index contributed by atoms with van der Waals surface area (Å²) in [5, 5.41) is 15.0. The van der Waals surface area contributed by atoms with Crippen molar-refractivity contribution in [2.24, 2.45) is 0 Å². The van der Waals surface area contributed by atoms with Gasteiger partial charge in [0.25, 0.3) is 0 Å². The van der Waals surface area contributed by atoms with Gasteiger partial charge in [0.2, 0.25) is 0 Å². The largest absolute Gasteiger partial charge is 0.256 e. The molecule has 1 fully saturated rings. The molecule has 28 heavy (non-hydrogen) atoms. The number of nitrogens with one attached hydrogen (secondary N) is 1. The van der Waals surface area contributed by atoms with E-state index in [9.17, 15) is 0 Å². The summed E-state index contributed by atoms with van der Waals surface area (Å²) >= 11 is 0. The van der Waals surface area contributed by atoms with Gasteiger partial charge in [0, 0.05) is 23.4 Å². The molecule has 144 valence electrons. The molecule has 2 aliphatic carbocycles. The van der Waals surface area contributed by atoms with Crippen LogP contribution in [0.25, 0.3) is 22.6 Å². The van der Waals surface area contributed by atoms with Crippen LogP contribution in [0.5, 0.6) is 0 Å². The van der Waals surface area contributed by atoms with Gasteiger partial charge in [-0.15, -0.1) is 5.10 Å². The van der Waals surface area contributed by atoms with Crippen molar-refractivity contribution in [2.45, 2.75) is 70.6 Å². The van der Waals surface area contributed by atoms with E-state index in [1.807, 2.05) is 19.2 Å². The van der Waals surface area contributed by atoms with Gasteiger partial charge in [-0.1, -0.05) is 19.3 Å². The first-order chi connectivity index (χ1) is 13.8. The molecule has 3 heterocycles. The number of nitrogens with zero attached hydrogens (tertiary/aromatic N) is 6. The standard InChI is InChI=1S/C21H25N7/c1-13-22-12-11-17(23-13)18-15-9-3-2-4-10-16(15)24-20(14-7-5-6-8-14)19(18)21-25-27-28-26-21/h11-12,14H,2-10H2,1H3,(H,25,26,27,28). The van der Waals surface area contributed by atoms with Crippen molar-refractivity contribution in [1.29, 1.82) is 0 Å². The zero-order chi connectivity index (χ0) is 18.9. The Morgan fingerprint density at radius 1 is 0.964 bits per heavy atom. The van der Waals surface area contributed by atoms with Crippen molar-refractivity contribution in [1.82, 2.24) is 35.6 Å². The number of hydrogen-bond donors (Lipinski definition) is 1. The topological polar surface area (TPSA) is 93.1 Å². The van der Waals surface area contributed by atoms with E-state index >= 15 is 0 Å². The van der Waals surface area contributed by atoms with Crippen LogP contribution >= 0.6 is 0 Å². The van der Waals surface area contributed by atoms with Crippen molar-refractivity contribution in [3.63, 3.8) is 0 Å². The van der Waals surface area contributed by atoms with Crippen LogP contribution in [0.1, 0.15) is 73.6 Å². The molecule has 0 bridgehead atoms. The average molecular weight is 375 g/mol. The highest BCUT2D eigenvalue weighted by Crippen LogP contribution is 2.44. The number of rotatable bonds is 3. The number of aromatic nitrogens is 7. The Balaban J connectivity index is 1.84. The van der Waals surface area contributed by atoms with Gasteiger partial charge in [0.15, 0.2) is 5.82 Å². The van der Waals surface area contributed by atoms with Crippen molar-refractivity contribution < 1.29 is 0 Å². The van der Waals surface area contributed by atoms with Crippen LogP contribution in [0.3, 0.4) is 0 Å². The third kappa shape index (κ3) is 3.08. The monoisotopic (exact) mass is 375 g/mol. The highest BCUT2D eigenvalue weighted by Gasteiger charge is 2.30. The van der Waals surface area contributed by atoms with Crippen LogP contribution < -0.4 is 0 Å². The minimum atomic E-state index is 0.468. The number of tetrazole rings is 1. The van der Waals surface area contributed by atoms with Gasteiger partial charge in [0.05, 0.1) is 17.0 Å². The fourth-order valence-corrected chi connectivity index (χ4v) is 4.82. The lowest BCUT2D eigenvalue weighted by Crippen LogP contribution is -2.11. The van der Waals surface area contributed by atoms with Crippen LogP contribution in [0.2, 0.25) is 0 Å². The molecule has 1 saturated carbocycles. The van der Waals surface area contributed by atoms with E-state index in [0.29, 0.717) is 11.7 Å². The Morgan fingerprint density at radius 3 is 2.61 bits per heavy atom. The van der Waals surface area contributed by atoms with Gasteiger partial charge < -0.3 is 0 Å². The van der Waals surface area contributed by atoms with Crippen LogP contribution in [0, 0.1) is 6.92 Å². The Bertz CT molecular complexity index is 975. The average Bonchev–Trinajstić information content (AvgIpc) is 3.38. The van der Waals surface area contributed by atoms with Gasteiger partial charge >= 0.3 is 0 Å². The molecule has 0 spiro atoms. The van der Waals surface area contributed by atoms with E-state index < -0.39 is 0 Å². The predicted molar refractivity (Wildman–Crippen MR) is 106 cm³/mol. The summed E-state index contributed by atoms with van der Waals surface area (Å²) in [6.45, 7) is 1.94. The molecular formula is C21H25N7. The quantitative estimate of drug-likeness (QED) is 0.697. The molecule has 7 nitrogen and oxygen atoms in total. The van der Waals surface area contributed by atoms with Gasteiger partial charge in [-0.3, -0.25) is 4.98 Å². The van der Waals surface area contributed by atoms with Crippen LogP contribution in [-0.2, 0) is 12.8 Å². The van der Waals surface area contributed by atoms with E-state index in [1.165, 1.54) is 56.2 Å². The normalized spacial score (nSPS) is 17.5. The van der Waals surface area contributed by atoms with Crippen LogP contribution in [0.15, 0.2) is 12.3 Å². The second kappa shape index (κ2) is 7.37. The predicted octanol–water partition coefficient (Wildman–Crippen LogP) is 3.95. The maximum absolute atomic E-state index is 5.26. The van der Waals surface area contributed by atoms with E-state index in [4.69, 9.17) is 9.97 Å². The summed E-state index contributed by atoms with van der Waals surface area (Å²) in [5.41, 5.74) is 6.90. The Hall–Kier alpha value is -2.70. The number of hydrogen-bond acceptors (Lipinski definition) is 6. The summed E-state index contributed by atoms with van der Waals surface area (Å²) in [7, 11) is 0. The Morgan fingerprint density at radius 2 is 1.82 bits per heavy atom. The summed E-state index contributed by atoms with van der Waals surface area (Å²) in [6.07, 6.45) is 12.4. The van der Waals surface area contributed by atoms with E-state index in [2.05, 4.69) is 25.6 Å². The number of H-pyrrole nitrogens is 1. The van der Waals surface area contributed by atoms with Crippen molar-refractivity contribution in [3.05, 3.63) is 35.0 Å². The van der Waals surface area contributed by atoms with E-state index in [0.717, 1.165) is 41.2 Å². The lowest BCUT2D eigenvalue weighted by atomic mass is 9.88. The third-order valence-electron chi connectivity index (χ3n) is 6.11. The molecule has 0 radical (unpaired) electrons. The molecule has 0 unspecified atom stereocenters. The lowest BCUT2D eigenvalue weighted by molar-refractivity contribution is 0.684. The van der Waals surface area contributed by atoms with E-state index in [1.54, 1.807) is 0 Å². The molecule has 2 aliphatic rings. The maximum Gasteiger partial charge on any atom is 0.181 e. The third-order valence-corrected chi connectivity index (χ3v) is 6.11. The lowest BCUT2D eigenvalue weighted by Gasteiger charge is -2.22. The first-order valence-electron chi connectivity index (χ1n) is 10.4. The molecule has 7 heteroatoms. The first kappa shape index (κ1) is 17.4. The molecule has 3 aromatic rings. The highest BCUT2D eigenvalue weighted by molar-refractivity contribution is 5.83. The highest BCUT2D eigenvalue weighted by atomic mass is 15.5. The summed E-state index contributed by atoms with van der Waals surface area (Å²) in [4.78, 5) is 14.4. The van der Waals surface area contributed by atoms with Crippen LogP contribution in [0.4, 0.5) is 0 Å². The number of aryl methyl sites for hydroxylation is 2. The zero-order valence-corrected chi connectivity index (χ0v) is 16.3. The van der Waals surface area contributed by atoms with Gasteiger partial charge in [-0.2, -0.15) is 0 Å².